The van der Waals surface area contributed by atoms with Crippen LogP contribution < -0.4 is 5.32 Å². The van der Waals surface area contributed by atoms with Gasteiger partial charge in [0.1, 0.15) is 5.82 Å². The quantitative estimate of drug-likeness (QED) is 0.807. The van der Waals surface area contributed by atoms with Gasteiger partial charge in [-0.25, -0.2) is 0 Å². The average Bonchev–Trinajstić information content (AvgIpc) is 2.30. The van der Waals surface area contributed by atoms with Crippen LogP contribution in [0.2, 0.25) is 0 Å². The summed E-state index contributed by atoms with van der Waals surface area (Å²) in [6, 6.07) is 12.1. The van der Waals surface area contributed by atoms with Gasteiger partial charge in [-0.2, -0.15) is 0 Å². The fourth-order valence-electron chi connectivity index (χ4n) is 1.47. The number of nitrogens with one attached hydrogen (secondary N) is 1. The second-order valence-corrected chi connectivity index (χ2v) is 3.37. The van der Waals surface area contributed by atoms with Gasteiger partial charge in [0.15, 0.2) is 0 Å². The van der Waals surface area contributed by atoms with Crippen LogP contribution in [-0.2, 0) is 0 Å². The van der Waals surface area contributed by atoms with Crippen LogP contribution in [0.15, 0.2) is 36.4 Å². The van der Waals surface area contributed by atoms with Gasteiger partial charge < -0.3 is 5.32 Å². The zero-order valence-electron chi connectivity index (χ0n) is 8.86. The second-order valence-electron chi connectivity index (χ2n) is 3.37. The summed E-state index contributed by atoms with van der Waals surface area (Å²) in [7, 11) is 1.83. The van der Waals surface area contributed by atoms with Crippen LogP contribution in [0.3, 0.4) is 0 Å². The van der Waals surface area contributed by atoms with Crippen molar-refractivity contribution >= 4 is 5.82 Å². The van der Waals surface area contributed by atoms with E-state index in [0.29, 0.717) is 0 Å². The minimum absolute atomic E-state index is 0.785. The fourth-order valence-corrected chi connectivity index (χ4v) is 1.47. The third-order valence-electron chi connectivity index (χ3n) is 2.34. The van der Waals surface area contributed by atoms with E-state index >= 15 is 0 Å². The predicted octanol–water partition coefficient (Wildman–Crippen LogP) is 2.49. The van der Waals surface area contributed by atoms with Crippen molar-refractivity contribution < 1.29 is 0 Å². The van der Waals surface area contributed by atoms with Crippen LogP contribution in [0.5, 0.6) is 0 Å². The van der Waals surface area contributed by atoms with Gasteiger partial charge in [0.2, 0.25) is 0 Å². The standard InChI is InChI=1S/C12H13N3/c1-9-5-3-4-6-10(9)11-7-8-12(13-2)15-14-11/h3-8H,1-2H3,(H,13,15). The topological polar surface area (TPSA) is 37.8 Å². The first kappa shape index (κ1) is 9.65. The van der Waals surface area contributed by atoms with Crippen LogP contribution >= 0.6 is 0 Å². The minimum atomic E-state index is 0.785. The van der Waals surface area contributed by atoms with E-state index in [1.807, 2.05) is 31.3 Å². The van der Waals surface area contributed by atoms with Crippen LogP contribution in [-0.4, -0.2) is 17.2 Å². The fraction of sp³-hybridized carbons (Fsp3) is 0.167. The number of aryl methyl sites for hydroxylation is 1. The highest BCUT2D eigenvalue weighted by Gasteiger charge is 2.02. The molecule has 0 saturated carbocycles. The number of rotatable bonds is 2. The molecular formula is C12H13N3. The van der Waals surface area contributed by atoms with Gasteiger partial charge in [-0.15, -0.1) is 10.2 Å². The highest BCUT2D eigenvalue weighted by molar-refractivity contribution is 5.63. The highest BCUT2D eigenvalue weighted by Crippen LogP contribution is 2.20. The van der Waals surface area contributed by atoms with Gasteiger partial charge in [0, 0.05) is 12.6 Å². The largest absolute Gasteiger partial charge is 0.372 e. The summed E-state index contributed by atoms with van der Waals surface area (Å²) in [4.78, 5) is 0. The van der Waals surface area contributed by atoms with Crippen molar-refractivity contribution in [3.63, 3.8) is 0 Å². The van der Waals surface area contributed by atoms with E-state index in [9.17, 15) is 0 Å². The molecule has 76 valence electrons. The van der Waals surface area contributed by atoms with E-state index in [-0.39, 0.29) is 0 Å². The van der Waals surface area contributed by atoms with E-state index in [2.05, 4.69) is 34.6 Å². The lowest BCUT2D eigenvalue weighted by Crippen LogP contribution is -1.95. The highest BCUT2D eigenvalue weighted by atomic mass is 15.2. The summed E-state index contributed by atoms with van der Waals surface area (Å²) in [5.41, 5.74) is 3.25. The van der Waals surface area contributed by atoms with Crippen molar-refractivity contribution in [3.8, 4) is 11.3 Å². The lowest BCUT2D eigenvalue weighted by Gasteiger charge is -2.04. The van der Waals surface area contributed by atoms with Crippen LogP contribution in [0.4, 0.5) is 5.82 Å². The maximum Gasteiger partial charge on any atom is 0.148 e. The Labute approximate surface area is 89.2 Å². The Bertz CT molecular complexity index is 449. The molecule has 3 nitrogen and oxygen atoms in total. The molecule has 0 unspecified atom stereocenters. The normalized spacial score (nSPS) is 10.0. The van der Waals surface area contributed by atoms with E-state index in [0.717, 1.165) is 17.1 Å². The molecule has 3 heteroatoms. The Balaban J connectivity index is 2.42. The molecule has 0 bridgehead atoms. The Morgan fingerprint density at radius 2 is 1.80 bits per heavy atom. The molecule has 1 aromatic heterocycles. The third kappa shape index (κ3) is 1.96. The second kappa shape index (κ2) is 4.09. The number of hydrogen-bond acceptors (Lipinski definition) is 3. The Morgan fingerprint density at radius 3 is 2.40 bits per heavy atom. The summed E-state index contributed by atoms with van der Waals surface area (Å²) in [5, 5.41) is 11.2. The molecule has 1 heterocycles. The number of benzene rings is 1. The van der Waals surface area contributed by atoms with Gasteiger partial charge in [-0.3, -0.25) is 0 Å². The molecule has 2 rings (SSSR count). The number of anilines is 1. The molecule has 0 radical (unpaired) electrons. The molecule has 0 amide bonds. The smallest absolute Gasteiger partial charge is 0.148 e. The van der Waals surface area contributed by atoms with Gasteiger partial charge in [0.25, 0.3) is 0 Å². The van der Waals surface area contributed by atoms with Crippen molar-refractivity contribution in [3.05, 3.63) is 42.0 Å². The van der Waals surface area contributed by atoms with Crippen LogP contribution in [0.25, 0.3) is 11.3 Å². The summed E-state index contributed by atoms with van der Waals surface area (Å²) < 4.78 is 0. The van der Waals surface area contributed by atoms with E-state index in [1.165, 1.54) is 5.56 Å². The number of aromatic nitrogens is 2. The zero-order chi connectivity index (χ0) is 10.7. The molecular weight excluding hydrogens is 186 g/mol. The van der Waals surface area contributed by atoms with E-state index in [1.54, 1.807) is 0 Å². The van der Waals surface area contributed by atoms with Gasteiger partial charge in [-0.1, -0.05) is 24.3 Å². The first-order valence-electron chi connectivity index (χ1n) is 4.89. The molecule has 0 spiro atoms. The summed E-state index contributed by atoms with van der Waals surface area (Å²) >= 11 is 0. The Kier molecular flexibility index (Phi) is 2.63. The maximum atomic E-state index is 4.17. The lowest BCUT2D eigenvalue weighted by molar-refractivity contribution is 1.04. The summed E-state index contributed by atoms with van der Waals surface area (Å²) in [6.45, 7) is 2.07. The summed E-state index contributed by atoms with van der Waals surface area (Å²) in [6.07, 6.45) is 0. The third-order valence-corrected chi connectivity index (χ3v) is 2.34. The molecule has 1 N–H and O–H groups in total. The average molecular weight is 199 g/mol. The van der Waals surface area contributed by atoms with Crippen molar-refractivity contribution in [2.24, 2.45) is 0 Å². The minimum Gasteiger partial charge on any atom is -0.372 e. The Hall–Kier alpha value is -1.90. The summed E-state index contributed by atoms with van der Waals surface area (Å²) in [5.74, 6) is 0.785. The first-order valence-corrected chi connectivity index (χ1v) is 4.89. The van der Waals surface area contributed by atoms with E-state index < -0.39 is 0 Å². The van der Waals surface area contributed by atoms with Gasteiger partial charge >= 0.3 is 0 Å². The lowest BCUT2D eigenvalue weighted by atomic mass is 10.1. The molecule has 0 aliphatic heterocycles. The van der Waals surface area contributed by atoms with Crippen molar-refractivity contribution in [2.45, 2.75) is 6.92 Å². The van der Waals surface area contributed by atoms with Crippen molar-refractivity contribution in [1.82, 2.24) is 10.2 Å². The number of nitrogens with zero attached hydrogens (tertiary/aromatic N) is 2. The van der Waals surface area contributed by atoms with Gasteiger partial charge in [-0.05, 0) is 24.6 Å². The molecule has 0 aliphatic rings. The first-order chi connectivity index (χ1) is 7.31. The molecule has 0 aliphatic carbocycles. The van der Waals surface area contributed by atoms with Gasteiger partial charge in [0.05, 0.1) is 5.69 Å². The number of hydrogen-bond donors (Lipinski definition) is 1. The Morgan fingerprint density at radius 1 is 1.00 bits per heavy atom. The molecule has 0 fully saturated rings. The van der Waals surface area contributed by atoms with Crippen LogP contribution in [0, 0.1) is 6.92 Å². The predicted molar refractivity (Wildman–Crippen MR) is 61.8 cm³/mol. The molecule has 2 aromatic rings. The monoisotopic (exact) mass is 199 g/mol. The maximum absolute atomic E-state index is 4.17. The van der Waals surface area contributed by atoms with Crippen LogP contribution in [0.1, 0.15) is 5.56 Å². The van der Waals surface area contributed by atoms with Crippen molar-refractivity contribution in [2.75, 3.05) is 12.4 Å². The molecule has 15 heavy (non-hydrogen) atoms. The molecule has 0 saturated heterocycles. The van der Waals surface area contributed by atoms with E-state index in [4.69, 9.17) is 0 Å². The SMILES string of the molecule is CNc1ccc(-c2ccccc2C)nn1. The molecule has 1 aromatic carbocycles. The van der Waals surface area contributed by atoms with Crippen molar-refractivity contribution in [1.29, 1.82) is 0 Å². The molecule has 0 atom stereocenters. The zero-order valence-corrected chi connectivity index (χ0v) is 8.86.